The van der Waals surface area contributed by atoms with E-state index in [-0.39, 0.29) is 0 Å². The Hall–Kier alpha value is -1.68. The molecule has 0 fully saturated rings. The molecule has 1 N–H and O–H groups in total. The molecule has 0 amide bonds. The van der Waals surface area contributed by atoms with Crippen molar-refractivity contribution in [3.63, 3.8) is 0 Å². The van der Waals surface area contributed by atoms with Crippen LogP contribution in [0.5, 0.6) is 0 Å². The summed E-state index contributed by atoms with van der Waals surface area (Å²) in [6.07, 6.45) is 2.15. The van der Waals surface area contributed by atoms with Crippen molar-refractivity contribution in [3.05, 3.63) is 47.6 Å². The number of nitrogens with zero attached hydrogens (tertiary/aromatic N) is 2. The number of benzene rings is 1. The van der Waals surface area contributed by atoms with E-state index in [9.17, 15) is 0 Å². The predicted octanol–water partition coefficient (Wildman–Crippen LogP) is 3.09. The van der Waals surface area contributed by atoms with Gasteiger partial charge < -0.3 is 9.84 Å². The van der Waals surface area contributed by atoms with Crippen LogP contribution in [-0.2, 0) is 6.42 Å². The van der Waals surface area contributed by atoms with Gasteiger partial charge in [0.1, 0.15) is 0 Å². The van der Waals surface area contributed by atoms with E-state index < -0.39 is 0 Å². The Kier molecular flexibility index (Phi) is 4.68. The van der Waals surface area contributed by atoms with Crippen LogP contribution in [0.2, 0.25) is 0 Å². The molecule has 102 valence electrons. The average Bonchev–Trinajstić information content (AvgIpc) is 2.92. The minimum Gasteiger partial charge on any atom is -0.343 e. The van der Waals surface area contributed by atoms with Gasteiger partial charge in [-0.05, 0) is 24.0 Å². The summed E-state index contributed by atoms with van der Waals surface area (Å²) >= 11 is 0. The van der Waals surface area contributed by atoms with Gasteiger partial charge in [-0.2, -0.15) is 4.98 Å². The first-order valence-electron chi connectivity index (χ1n) is 6.75. The van der Waals surface area contributed by atoms with Crippen LogP contribution in [-0.4, -0.2) is 16.7 Å². The van der Waals surface area contributed by atoms with Crippen LogP contribution < -0.4 is 5.32 Å². The lowest BCUT2D eigenvalue weighted by Crippen LogP contribution is -2.21. The summed E-state index contributed by atoms with van der Waals surface area (Å²) in [7, 11) is 0. The quantitative estimate of drug-likeness (QED) is 0.866. The van der Waals surface area contributed by atoms with Crippen LogP contribution in [0.4, 0.5) is 0 Å². The monoisotopic (exact) mass is 259 g/mol. The smallest absolute Gasteiger partial charge is 0.213 e. The highest BCUT2D eigenvalue weighted by Crippen LogP contribution is 2.18. The molecule has 1 heterocycles. The van der Waals surface area contributed by atoms with Crippen molar-refractivity contribution in [2.24, 2.45) is 0 Å². The van der Waals surface area contributed by atoms with Crippen molar-refractivity contribution in [1.82, 2.24) is 15.5 Å². The molecule has 0 radical (unpaired) electrons. The molecule has 2 aromatic rings. The van der Waals surface area contributed by atoms with E-state index in [1.54, 1.807) is 0 Å². The summed E-state index contributed by atoms with van der Waals surface area (Å²) < 4.78 is 4.70. The molecular formula is C15H21N3O. The lowest BCUT2D eigenvalue weighted by molar-refractivity contribution is 0.408. The number of rotatable bonds is 6. The van der Waals surface area contributed by atoms with Gasteiger partial charge in [0.15, 0.2) is 5.82 Å². The summed E-state index contributed by atoms with van der Waals surface area (Å²) in [5.74, 6) is 1.32. The molecule has 0 aliphatic rings. The van der Waals surface area contributed by atoms with Crippen molar-refractivity contribution in [3.8, 4) is 0 Å². The number of nitrogens with one attached hydrogen (secondary N) is 1. The first-order valence-corrected chi connectivity index (χ1v) is 6.75. The van der Waals surface area contributed by atoms with Crippen LogP contribution >= 0.6 is 0 Å². The van der Waals surface area contributed by atoms with Crippen molar-refractivity contribution < 1.29 is 4.52 Å². The minimum absolute atomic E-state index is 0.327. The lowest BCUT2D eigenvalue weighted by atomic mass is 9.99. The van der Waals surface area contributed by atoms with Crippen LogP contribution in [0.15, 0.2) is 35.2 Å². The Morgan fingerprint density at radius 3 is 2.37 bits per heavy atom. The summed E-state index contributed by atoms with van der Waals surface area (Å²) in [5.41, 5.74) is 2.68. The maximum absolute atomic E-state index is 4.70. The van der Waals surface area contributed by atoms with Gasteiger partial charge >= 0.3 is 0 Å². The van der Waals surface area contributed by atoms with Gasteiger partial charge in [-0.15, -0.1) is 0 Å². The third kappa shape index (κ3) is 3.89. The number of hydrogen-bond acceptors (Lipinski definition) is 4. The molecule has 1 aromatic carbocycles. The largest absolute Gasteiger partial charge is 0.343 e. The zero-order chi connectivity index (χ0) is 13.7. The first kappa shape index (κ1) is 13.7. The van der Waals surface area contributed by atoms with E-state index in [2.05, 4.69) is 60.5 Å². The van der Waals surface area contributed by atoms with Gasteiger partial charge in [0.05, 0.1) is 0 Å². The molecule has 2 rings (SSSR count). The second-order valence-corrected chi connectivity index (χ2v) is 5.09. The summed E-state index contributed by atoms with van der Waals surface area (Å²) in [6, 6.07) is 9.13. The molecular weight excluding hydrogens is 238 g/mol. The molecule has 0 saturated carbocycles. The van der Waals surface area contributed by atoms with Crippen LogP contribution in [0.25, 0.3) is 0 Å². The maximum atomic E-state index is 4.70. The SMILES string of the molecule is CC(C)c1ccc(C(C)NCCc2ncon2)cc1. The Morgan fingerprint density at radius 2 is 1.79 bits per heavy atom. The highest BCUT2D eigenvalue weighted by molar-refractivity contribution is 5.26. The van der Waals surface area contributed by atoms with E-state index in [0.29, 0.717) is 12.0 Å². The van der Waals surface area contributed by atoms with E-state index in [1.807, 2.05) is 0 Å². The highest BCUT2D eigenvalue weighted by Gasteiger charge is 2.06. The molecule has 4 nitrogen and oxygen atoms in total. The van der Waals surface area contributed by atoms with Gasteiger partial charge in [-0.3, -0.25) is 0 Å². The molecule has 0 bridgehead atoms. The second kappa shape index (κ2) is 6.48. The van der Waals surface area contributed by atoms with Crippen molar-refractivity contribution in [2.75, 3.05) is 6.54 Å². The van der Waals surface area contributed by atoms with E-state index >= 15 is 0 Å². The lowest BCUT2D eigenvalue weighted by Gasteiger charge is -2.15. The molecule has 4 heteroatoms. The van der Waals surface area contributed by atoms with Crippen LogP contribution in [0.1, 0.15) is 49.7 Å². The van der Waals surface area contributed by atoms with E-state index in [4.69, 9.17) is 4.52 Å². The van der Waals surface area contributed by atoms with Gasteiger partial charge in [0, 0.05) is 19.0 Å². The standard InChI is InChI=1S/C15H21N3O/c1-11(2)13-4-6-14(7-5-13)12(3)16-9-8-15-17-10-19-18-15/h4-7,10-12,16H,8-9H2,1-3H3. The minimum atomic E-state index is 0.327. The molecule has 0 aliphatic carbocycles. The third-order valence-electron chi connectivity index (χ3n) is 3.31. The summed E-state index contributed by atoms with van der Waals surface area (Å²) in [6.45, 7) is 7.43. The molecule has 1 unspecified atom stereocenters. The highest BCUT2D eigenvalue weighted by atomic mass is 16.5. The van der Waals surface area contributed by atoms with E-state index in [0.717, 1.165) is 18.8 Å². The average molecular weight is 259 g/mol. The van der Waals surface area contributed by atoms with E-state index in [1.165, 1.54) is 17.5 Å². The van der Waals surface area contributed by atoms with Gasteiger partial charge in [-0.25, -0.2) is 0 Å². The maximum Gasteiger partial charge on any atom is 0.213 e. The number of aromatic nitrogens is 2. The third-order valence-corrected chi connectivity index (χ3v) is 3.31. The van der Waals surface area contributed by atoms with Gasteiger partial charge in [0.25, 0.3) is 0 Å². The van der Waals surface area contributed by atoms with Crippen molar-refractivity contribution >= 4 is 0 Å². The topological polar surface area (TPSA) is 51.0 Å². The molecule has 19 heavy (non-hydrogen) atoms. The number of hydrogen-bond donors (Lipinski definition) is 1. The fourth-order valence-corrected chi connectivity index (χ4v) is 1.99. The van der Waals surface area contributed by atoms with Crippen LogP contribution in [0.3, 0.4) is 0 Å². The summed E-state index contributed by atoms with van der Waals surface area (Å²) in [5, 5.41) is 7.25. The first-order chi connectivity index (χ1) is 9.16. The Bertz CT molecular complexity index is 477. The molecule has 1 aromatic heterocycles. The van der Waals surface area contributed by atoms with Crippen molar-refractivity contribution in [2.45, 2.75) is 39.2 Å². The second-order valence-electron chi connectivity index (χ2n) is 5.09. The molecule has 0 spiro atoms. The fourth-order valence-electron chi connectivity index (χ4n) is 1.99. The van der Waals surface area contributed by atoms with Gasteiger partial charge in [0.2, 0.25) is 6.39 Å². The molecule has 1 atom stereocenters. The zero-order valence-electron chi connectivity index (χ0n) is 11.8. The molecule has 0 aliphatic heterocycles. The van der Waals surface area contributed by atoms with Crippen LogP contribution in [0, 0.1) is 0 Å². The molecule has 0 saturated heterocycles. The Labute approximate surface area is 114 Å². The normalized spacial score (nSPS) is 12.8. The zero-order valence-corrected chi connectivity index (χ0v) is 11.8. The summed E-state index contributed by atoms with van der Waals surface area (Å²) in [4.78, 5) is 4.00. The Morgan fingerprint density at radius 1 is 1.11 bits per heavy atom. The fraction of sp³-hybridized carbons (Fsp3) is 0.467. The Balaban J connectivity index is 1.83. The van der Waals surface area contributed by atoms with Crippen molar-refractivity contribution in [1.29, 1.82) is 0 Å². The van der Waals surface area contributed by atoms with Gasteiger partial charge in [-0.1, -0.05) is 43.3 Å². The predicted molar refractivity (Wildman–Crippen MR) is 75.0 cm³/mol.